The number of ether oxygens (including phenoxy) is 1. The van der Waals surface area contributed by atoms with E-state index in [1.807, 2.05) is 31.2 Å². The van der Waals surface area contributed by atoms with E-state index in [9.17, 15) is 4.79 Å². The maximum absolute atomic E-state index is 10.7. The van der Waals surface area contributed by atoms with Crippen molar-refractivity contribution in [3.8, 4) is 5.88 Å². The van der Waals surface area contributed by atoms with Gasteiger partial charge in [0, 0.05) is 5.39 Å². The highest BCUT2D eigenvalue weighted by molar-refractivity contribution is 5.90. The number of hydrogen-bond acceptors (Lipinski definition) is 3. The van der Waals surface area contributed by atoms with E-state index in [2.05, 4.69) is 4.98 Å². The van der Waals surface area contributed by atoms with Gasteiger partial charge in [0.25, 0.3) is 0 Å². The summed E-state index contributed by atoms with van der Waals surface area (Å²) in [6, 6.07) is 9.47. The van der Waals surface area contributed by atoms with E-state index in [1.54, 1.807) is 6.07 Å². The lowest BCUT2D eigenvalue weighted by atomic mass is 10.1. The molecule has 0 radical (unpaired) electrons. The first kappa shape index (κ1) is 9.65. The second-order valence-electron chi connectivity index (χ2n) is 3.12. The van der Waals surface area contributed by atoms with E-state index in [0.29, 0.717) is 18.2 Å². The van der Waals surface area contributed by atoms with Crippen molar-refractivity contribution in [2.24, 2.45) is 0 Å². The number of pyridine rings is 1. The van der Waals surface area contributed by atoms with E-state index >= 15 is 0 Å². The van der Waals surface area contributed by atoms with Gasteiger partial charge < -0.3 is 4.74 Å². The summed E-state index contributed by atoms with van der Waals surface area (Å²) in [5.74, 6) is 0.526. The molecule has 0 amide bonds. The fourth-order valence-electron chi connectivity index (χ4n) is 1.49. The Balaban J connectivity index is 2.68. The summed E-state index contributed by atoms with van der Waals surface area (Å²) >= 11 is 0. The minimum absolute atomic E-state index is 0.400. The predicted molar refractivity (Wildman–Crippen MR) is 58.3 cm³/mol. The first-order valence-electron chi connectivity index (χ1n) is 4.83. The average molecular weight is 201 g/mol. The Kier molecular flexibility index (Phi) is 2.63. The molecule has 0 saturated carbocycles. The fraction of sp³-hybridized carbons (Fsp3) is 0.167. The molecule has 76 valence electrons. The number of carbonyl (C=O) groups excluding carboxylic acids is 1. The van der Waals surface area contributed by atoms with Crippen LogP contribution < -0.4 is 4.74 Å². The van der Waals surface area contributed by atoms with Crippen LogP contribution in [-0.2, 0) is 0 Å². The molecular formula is C12H11NO2. The van der Waals surface area contributed by atoms with Gasteiger partial charge in [-0.3, -0.25) is 4.79 Å². The Morgan fingerprint density at radius 2 is 2.20 bits per heavy atom. The molecule has 3 nitrogen and oxygen atoms in total. The molecule has 2 rings (SSSR count). The van der Waals surface area contributed by atoms with Gasteiger partial charge in [0.15, 0.2) is 6.29 Å². The predicted octanol–water partition coefficient (Wildman–Crippen LogP) is 2.45. The number of rotatable bonds is 3. The Bertz CT molecular complexity index is 494. The molecule has 0 spiro atoms. The largest absolute Gasteiger partial charge is 0.478 e. The van der Waals surface area contributed by atoms with Crippen LogP contribution in [0.1, 0.15) is 17.4 Å². The minimum atomic E-state index is 0.400. The van der Waals surface area contributed by atoms with Crippen LogP contribution >= 0.6 is 0 Å². The zero-order chi connectivity index (χ0) is 10.7. The van der Waals surface area contributed by atoms with E-state index in [0.717, 1.165) is 17.1 Å². The summed E-state index contributed by atoms with van der Waals surface area (Å²) < 4.78 is 5.39. The van der Waals surface area contributed by atoms with Crippen molar-refractivity contribution >= 4 is 17.1 Å². The Hall–Kier alpha value is -1.90. The first-order valence-corrected chi connectivity index (χ1v) is 4.83. The van der Waals surface area contributed by atoms with Gasteiger partial charge in [-0.05, 0) is 24.4 Å². The molecule has 0 atom stereocenters. The van der Waals surface area contributed by atoms with Crippen LogP contribution in [0.4, 0.5) is 0 Å². The topological polar surface area (TPSA) is 39.2 Å². The molecule has 0 aliphatic carbocycles. The lowest BCUT2D eigenvalue weighted by molar-refractivity contribution is 0.111. The van der Waals surface area contributed by atoms with Crippen molar-refractivity contribution in [2.45, 2.75) is 6.92 Å². The van der Waals surface area contributed by atoms with Gasteiger partial charge in [0.05, 0.1) is 6.61 Å². The number of aromatic nitrogens is 1. The van der Waals surface area contributed by atoms with Crippen LogP contribution in [-0.4, -0.2) is 17.9 Å². The van der Waals surface area contributed by atoms with Gasteiger partial charge in [0.1, 0.15) is 5.69 Å². The standard InChI is InChI=1S/C12H11NO2/c1-2-15-12-11-6-4-3-5-9(11)7-10(8-14)13-12/h3-8H,2H2,1H3. The molecule has 2 aromatic rings. The molecule has 0 aliphatic heterocycles. The molecule has 0 N–H and O–H groups in total. The molecule has 1 aromatic carbocycles. The van der Waals surface area contributed by atoms with Crippen LogP contribution in [0.2, 0.25) is 0 Å². The summed E-state index contributed by atoms with van der Waals surface area (Å²) in [5.41, 5.74) is 0.400. The lowest BCUT2D eigenvalue weighted by Gasteiger charge is -2.06. The van der Waals surface area contributed by atoms with Crippen LogP contribution in [0.3, 0.4) is 0 Å². The lowest BCUT2D eigenvalue weighted by Crippen LogP contribution is -1.98. The highest BCUT2D eigenvalue weighted by atomic mass is 16.5. The normalized spacial score (nSPS) is 10.2. The summed E-state index contributed by atoms with van der Waals surface area (Å²) in [6.45, 7) is 2.43. The smallest absolute Gasteiger partial charge is 0.222 e. The number of fused-ring (bicyclic) bond motifs is 1. The van der Waals surface area contributed by atoms with Crippen LogP contribution in [0.25, 0.3) is 10.8 Å². The van der Waals surface area contributed by atoms with Crippen LogP contribution in [0.5, 0.6) is 5.88 Å². The van der Waals surface area contributed by atoms with Crippen molar-refractivity contribution in [1.29, 1.82) is 0 Å². The Labute approximate surface area is 87.7 Å². The highest BCUT2D eigenvalue weighted by Crippen LogP contribution is 2.23. The number of carbonyl (C=O) groups is 1. The second kappa shape index (κ2) is 4.09. The molecule has 0 unspecified atom stereocenters. The van der Waals surface area contributed by atoms with Gasteiger partial charge in [-0.2, -0.15) is 0 Å². The maximum atomic E-state index is 10.7. The Morgan fingerprint density at radius 3 is 2.93 bits per heavy atom. The molecule has 0 aliphatic rings. The van der Waals surface area contributed by atoms with E-state index in [1.165, 1.54) is 0 Å². The molecule has 1 heterocycles. The van der Waals surface area contributed by atoms with E-state index in [4.69, 9.17) is 4.74 Å². The zero-order valence-electron chi connectivity index (χ0n) is 8.43. The first-order chi connectivity index (χ1) is 7.35. The SMILES string of the molecule is CCOc1nc(C=O)cc2ccccc12. The zero-order valence-corrected chi connectivity index (χ0v) is 8.43. The molecular weight excluding hydrogens is 190 g/mol. The van der Waals surface area contributed by atoms with Crippen molar-refractivity contribution in [3.63, 3.8) is 0 Å². The second-order valence-corrected chi connectivity index (χ2v) is 3.12. The molecule has 0 bridgehead atoms. The third-order valence-electron chi connectivity index (χ3n) is 2.13. The Morgan fingerprint density at radius 1 is 1.40 bits per heavy atom. The van der Waals surface area contributed by atoms with Crippen molar-refractivity contribution in [3.05, 3.63) is 36.0 Å². The monoisotopic (exact) mass is 201 g/mol. The van der Waals surface area contributed by atoms with E-state index in [-0.39, 0.29) is 0 Å². The van der Waals surface area contributed by atoms with Crippen LogP contribution in [0, 0.1) is 0 Å². The number of hydrogen-bond donors (Lipinski definition) is 0. The third-order valence-corrected chi connectivity index (χ3v) is 2.13. The number of aldehydes is 1. The van der Waals surface area contributed by atoms with Crippen molar-refractivity contribution in [1.82, 2.24) is 4.98 Å². The van der Waals surface area contributed by atoms with Crippen molar-refractivity contribution in [2.75, 3.05) is 6.61 Å². The maximum Gasteiger partial charge on any atom is 0.222 e. The minimum Gasteiger partial charge on any atom is -0.478 e. The van der Waals surface area contributed by atoms with Gasteiger partial charge in [0.2, 0.25) is 5.88 Å². The summed E-state index contributed by atoms with van der Waals surface area (Å²) in [6.07, 6.45) is 0.731. The quantitative estimate of drug-likeness (QED) is 0.716. The molecule has 3 heteroatoms. The average Bonchev–Trinajstić information content (AvgIpc) is 2.29. The molecule has 0 fully saturated rings. The third kappa shape index (κ3) is 1.81. The summed E-state index contributed by atoms with van der Waals surface area (Å²) in [7, 11) is 0. The summed E-state index contributed by atoms with van der Waals surface area (Å²) in [5, 5.41) is 1.91. The fourth-order valence-corrected chi connectivity index (χ4v) is 1.49. The van der Waals surface area contributed by atoms with Gasteiger partial charge >= 0.3 is 0 Å². The molecule has 1 aromatic heterocycles. The number of benzene rings is 1. The van der Waals surface area contributed by atoms with Gasteiger partial charge in [-0.1, -0.05) is 18.2 Å². The van der Waals surface area contributed by atoms with Crippen molar-refractivity contribution < 1.29 is 9.53 Å². The highest BCUT2D eigenvalue weighted by Gasteiger charge is 2.05. The van der Waals surface area contributed by atoms with Gasteiger partial charge in [-0.15, -0.1) is 0 Å². The molecule has 15 heavy (non-hydrogen) atoms. The van der Waals surface area contributed by atoms with E-state index < -0.39 is 0 Å². The molecule has 0 saturated heterocycles. The van der Waals surface area contributed by atoms with Gasteiger partial charge in [-0.25, -0.2) is 4.98 Å². The van der Waals surface area contributed by atoms with Crippen LogP contribution in [0.15, 0.2) is 30.3 Å². The number of nitrogens with zero attached hydrogens (tertiary/aromatic N) is 1. The summed E-state index contributed by atoms with van der Waals surface area (Å²) in [4.78, 5) is 14.8.